The van der Waals surface area contributed by atoms with E-state index in [9.17, 15) is 9.59 Å². The first-order chi connectivity index (χ1) is 15.6. The number of anilines is 1. The van der Waals surface area contributed by atoms with Gasteiger partial charge in [0.25, 0.3) is 5.91 Å². The summed E-state index contributed by atoms with van der Waals surface area (Å²) in [5.41, 5.74) is 2.73. The van der Waals surface area contributed by atoms with Crippen molar-refractivity contribution in [2.75, 3.05) is 18.7 Å². The molecule has 2 aliphatic heterocycles. The van der Waals surface area contributed by atoms with Gasteiger partial charge in [0, 0.05) is 18.3 Å². The molecule has 32 heavy (non-hydrogen) atoms. The molecule has 2 aliphatic rings. The standard InChI is InChI=1S/C23H22N4O4S/c1-14-5-2-3-6-15(14)11-20(28)27-10-4-7-17(27)22-25-26-23(32-22)21(29)24-16-8-9-18-19(12-16)31-13-30-18/h2-3,5-6,8-9,12,17H,4,7,10-11,13H2,1H3,(H,24,29). The number of nitrogens with zero attached hydrogens (tertiary/aromatic N) is 3. The van der Waals surface area contributed by atoms with Crippen molar-refractivity contribution in [3.8, 4) is 11.5 Å². The van der Waals surface area contributed by atoms with Gasteiger partial charge >= 0.3 is 0 Å². The highest BCUT2D eigenvalue weighted by molar-refractivity contribution is 7.13. The summed E-state index contributed by atoms with van der Waals surface area (Å²) >= 11 is 1.23. The zero-order chi connectivity index (χ0) is 22.1. The summed E-state index contributed by atoms with van der Waals surface area (Å²) in [4.78, 5) is 27.6. The summed E-state index contributed by atoms with van der Waals surface area (Å²) < 4.78 is 10.6. The molecule has 0 saturated carbocycles. The minimum atomic E-state index is -0.344. The van der Waals surface area contributed by atoms with Crippen molar-refractivity contribution in [3.05, 3.63) is 63.6 Å². The number of fused-ring (bicyclic) bond motifs is 1. The van der Waals surface area contributed by atoms with Crippen molar-refractivity contribution in [2.24, 2.45) is 0 Å². The van der Waals surface area contributed by atoms with E-state index in [0.717, 1.165) is 24.0 Å². The molecular weight excluding hydrogens is 428 g/mol. The molecule has 0 spiro atoms. The Bertz CT molecular complexity index is 1180. The highest BCUT2D eigenvalue weighted by atomic mass is 32.1. The number of carbonyl (C=O) groups excluding carboxylic acids is 2. The largest absolute Gasteiger partial charge is 0.454 e. The van der Waals surface area contributed by atoms with E-state index in [0.29, 0.717) is 35.2 Å². The quantitative estimate of drug-likeness (QED) is 0.637. The molecule has 0 aliphatic carbocycles. The third-order valence-electron chi connectivity index (χ3n) is 5.73. The normalized spacial score (nSPS) is 16.9. The molecule has 0 radical (unpaired) electrons. The lowest BCUT2D eigenvalue weighted by molar-refractivity contribution is -0.131. The lowest BCUT2D eigenvalue weighted by Gasteiger charge is -2.23. The molecule has 8 nitrogen and oxygen atoms in total. The molecule has 1 N–H and O–H groups in total. The molecule has 1 unspecified atom stereocenters. The number of likely N-dealkylation sites (tertiary alicyclic amines) is 1. The fourth-order valence-electron chi connectivity index (χ4n) is 4.01. The molecule has 3 aromatic rings. The van der Waals surface area contributed by atoms with Gasteiger partial charge in [-0.25, -0.2) is 0 Å². The number of amides is 2. The van der Waals surface area contributed by atoms with Gasteiger partial charge in [0.05, 0.1) is 12.5 Å². The van der Waals surface area contributed by atoms with Gasteiger partial charge in [0.15, 0.2) is 11.5 Å². The highest BCUT2D eigenvalue weighted by Crippen LogP contribution is 2.36. The first kappa shape index (κ1) is 20.4. The number of carbonyl (C=O) groups is 2. The highest BCUT2D eigenvalue weighted by Gasteiger charge is 2.33. The van der Waals surface area contributed by atoms with Crippen molar-refractivity contribution in [3.63, 3.8) is 0 Å². The fraction of sp³-hybridized carbons (Fsp3) is 0.304. The maximum absolute atomic E-state index is 13.0. The Kier molecular flexibility index (Phi) is 5.48. The number of ether oxygens (including phenoxy) is 2. The van der Waals surface area contributed by atoms with Crippen molar-refractivity contribution >= 4 is 28.8 Å². The van der Waals surface area contributed by atoms with Crippen LogP contribution in [0.3, 0.4) is 0 Å². The van der Waals surface area contributed by atoms with Gasteiger partial charge in [-0.3, -0.25) is 9.59 Å². The van der Waals surface area contributed by atoms with Gasteiger partial charge < -0.3 is 19.7 Å². The zero-order valence-electron chi connectivity index (χ0n) is 17.5. The van der Waals surface area contributed by atoms with Crippen LogP contribution >= 0.6 is 11.3 Å². The van der Waals surface area contributed by atoms with Crippen molar-refractivity contribution in [1.29, 1.82) is 0 Å². The molecular formula is C23H22N4O4S. The molecule has 1 fully saturated rings. The number of aromatic nitrogens is 2. The molecule has 2 aromatic carbocycles. The number of nitrogens with one attached hydrogen (secondary N) is 1. The number of hydrogen-bond acceptors (Lipinski definition) is 7. The summed E-state index contributed by atoms with van der Waals surface area (Å²) in [7, 11) is 0. The van der Waals surface area contributed by atoms with Gasteiger partial charge in [-0.15, -0.1) is 10.2 Å². The van der Waals surface area contributed by atoms with Crippen molar-refractivity contribution < 1.29 is 19.1 Å². The van der Waals surface area contributed by atoms with Crippen LogP contribution in [-0.2, 0) is 11.2 Å². The Morgan fingerprint density at radius 3 is 2.88 bits per heavy atom. The van der Waals surface area contributed by atoms with Crippen LogP contribution in [0.2, 0.25) is 0 Å². The third kappa shape index (κ3) is 4.03. The molecule has 1 aromatic heterocycles. The molecule has 164 valence electrons. The van der Waals surface area contributed by atoms with Crippen LogP contribution in [0.15, 0.2) is 42.5 Å². The van der Waals surface area contributed by atoms with Crippen LogP contribution in [0.5, 0.6) is 11.5 Å². The van der Waals surface area contributed by atoms with E-state index < -0.39 is 0 Å². The van der Waals surface area contributed by atoms with Gasteiger partial charge in [0.1, 0.15) is 5.01 Å². The summed E-state index contributed by atoms with van der Waals surface area (Å²) in [6.45, 7) is 2.88. The van der Waals surface area contributed by atoms with Crippen LogP contribution in [0, 0.1) is 6.92 Å². The number of hydrogen-bond donors (Lipinski definition) is 1. The first-order valence-corrected chi connectivity index (χ1v) is 11.3. The average molecular weight is 451 g/mol. The SMILES string of the molecule is Cc1ccccc1CC(=O)N1CCCC1c1nnc(C(=O)Nc2ccc3c(c2)OCO3)s1. The lowest BCUT2D eigenvalue weighted by atomic mass is 10.1. The summed E-state index contributed by atoms with van der Waals surface area (Å²) in [5.74, 6) is 0.971. The Hall–Kier alpha value is -3.46. The van der Waals surface area contributed by atoms with Crippen molar-refractivity contribution in [2.45, 2.75) is 32.2 Å². The lowest BCUT2D eigenvalue weighted by Crippen LogP contribution is -2.32. The molecule has 3 heterocycles. The molecule has 1 saturated heterocycles. The Morgan fingerprint density at radius 2 is 2.00 bits per heavy atom. The van der Waals surface area contributed by atoms with Crippen LogP contribution in [0.1, 0.15) is 44.8 Å². The van der Waals surface area contributed by atoms with Gasteiger partial charge in [-0.05, 0) is 43.0 Å². The van der Waals surface area contributed by atoms with E-state index in [-0.39, 0.29) is 29.7 Å². The van der Waals surface area contributed by atoms with Gasteiger partial charge in [0.2, 0.25) is 17.7 Å². The predicted molar refractivity (Wildman–Crippen MR) is 119 cm³/mol. The molecule has 2 amide bonds. The summed E-state index contributed by atoms with van der Waals surface area (Å²) in [6.07, 6.45) is 2.08. The van der Waals surface area contributed by atoms with Crippen molar-refractivity contribution in [1.82, 2.24) is 15.1 Å². The van der Waals surface area contributed by atoms with Crippen LogP contribution in [0.4, 0.5) is 5.69 Å². The topological polar surface area (TPSA) is 93.7 Å². The monoisotopic (exact) mass is 450 g/mol. The Labute approximate surface area is 189 Å². The maximum atomic E-state index is 13.0. The second-order valence-electron chi connectivity index (χ2n) is 7.82. The van der Waals surface area contributed by atoms with E-state index in [1.165, 1.54) is 11.3 Å². The third-order valence-corrected chi connectivity index (χ3v) is 6.75. The van der Waals surface area contributed by atoms with Gasteiger partial charge in [-0.2, -0.15) is 0 Å². The number of rotatable bonds is 5. The van der Waals surface area contributed by atoms with E-state index in [4.69, 9.17) is 9.47 Å². The number of benzene rings is 2. The van der Waals surface area contributed by atoms with E-state index in [1.807, 2.05) is 36.1 Å². The fourth-order valence-corrected chi connectivity index (χ4v) is 4.90. The minimum absolute atomic E-state index is 0.0726. The van der Waals surface area contributed by atoms with Gasteiger partial charge in [-0.1, -0.05) is 35.6 Å². The summed E-state index contributed by atoms with van der Waals surface area (Å²) in [5, 5.41) is 12.1. The Balaban J connectivity index is 1.27. The summed E-state index contributed by atoms with van der Waals surface area (Å²) in [6, 6.07) is 13.0. The zero-order valence-corrected chi connectivity index (χ0v) is 18.4. The smallest absolute Gasteiger partial charge is 0.286 e. The van der Waals surface area contributed by atoms with Crippen LogP contribution in [0.25, 0.3) is 0 Å². The van der Waals surface area contributed by atoms with E-state index >= 15 is 0 Å². The van der Waals surface area contributed by atoms with E-state index in [2.05, 4.69) is 15.5 Å². The maximum Gasteiger partial charge on any atom is 0.286 e. The first-order valence-electron chi connectivity index (χ1n) is 10.5. The second kappa shape index (κ2) is 8.58. The predicted octanol–water partition coefficient (Wildman–Crippen LogP) is 3.73. The van der Waals surface area contributed by atoms with Crippen LogP contribution < -0.4 is 14.8 Å². The molecule has 1 atom stereocenters. The second-order valence-corrected chi connectivity index (χ2v) is 8.83. The minimum Gasteiger partial charge on any atom is -0.454 e. The van der Waals surface area contributed by atoms with E-state index in [1.54, 1.807) is 18.2 Å². The average Bonchev–Trinajstić information content (AvgIpc) is 3.54. The molecule has 0 bridgehead atoms. The Morgan fingerprint density at radius 1 is 1.16 bits per heavy atom. The van der Waals surface area contributed by atoms with Crippen LogP contribution in [-0.4, -0.2) is 40.2 Å². The number of aryl methyl sites for hydroxylation is 1. The molecule has 9 heteroatoms. The molecule has 5 rings (SSSR count).